The number of carbonyl (C=O) groups excluding carboxylic acids is 1. The molecule has 2 aromatic rings. The fourth-order valence-corrected chi connectivity index (χ4v) is 2.42. The highest BCUT2D eigenvalue weighted by Gasteiger charge is 2.06. The molecule has 2 aromatic carbocycles. The molecule has 120 valence electrons. The molecule has 0 spiro atoms. The van der Waals surface area contributed by atoms with Crippen molar-refractivity contribution in [2.45, 2.75) is 20.3 Å². The molecule has 0 unspecified atom stereocenters. The summed E-state index contributed by atoms with van der Waals surface area (Å²) >= 11 is 5.95. The average molecular weight is 331 g/mol. The van der Waals surface area contributed by atoms with E-state index < -0.39 is 0 Å². The highest BCUT2D eigenvalue weighted by molar-refractivity contribution is 6.30. The zero-order chi connectivity index (χ0) is 16.8. The topological polar surface area (TPSA) is 50.7 Å². The molecule has 0 radical (unpaired) electrons. The quantitative estimate of drug-likeness (QED) is 0.672. The number of ether oxygens (including phenoxy) is 1. The number of amides is 1. The molecule has 2 rings (SSSR count). The molecular formula is C18H19ClN2O2. The van der Waals surface area contributed by atoms with E-state index >= 15 is 0 Å². The van der Waals surface area contributed by atoms with Gasteiger partial charge in [0.15, 0.2) is 0 Å². The van der Waals surface area contributed by atoms with Gasteiger partial charge in [-0.2, -0.15) is 5.10 Å². The van der Waals surface area contributed by atoms with Crippen LogP contribution in [0.2, 0.25) is 5.02 Å². The summed E-state index contributed by atoms with van der Waals surface area (Å²) in [7, 11) is 1.57. The van der Waals surface area contributed by atoms with Crippen LogP contribution in [-0.4, -0.2) is 19.2 Å². The Balaban J connectivity index is 2.00. The molecule has 0 aliphatic rings. The van der Waals surface area contributed by atoms with Gasteiger partial charge in [0.1, 0.15) is 5.75 Å². The van der Waals surface area contributed by atoms with Gasteiger partial charge in [-0.15, -0.1) is 0 Å². The van der Waals surface area contributed by atoms with Gasteiger partial charge in [0.05, 0.1) is 19.7 Å². The lowest BCUT2D eigenvalue weighted by atomic mass is 10.0. The van der Waals surface area contributed by atoms with Crippen molar-refractivity contribution in [1.29, 1.82) is 0 Å². The third-order valence-electron chi connectivity index (χ3n) is 3.43. The summed E-state index contributed by atoms with van der Waals surface area (Å²) < 4.78 is 5.22. The van der Waals surface area contributed by atoms with Crippen molar-refractivity contribution in [3.05, 3.63) is 63.7 Å². The molecule has 0 saturated carbocycles. The second kappa shape index (κ2) is 7.79. The molecule has 4 nitrogen and oxygen atoms in total. The molecule has 0 atom stereocenters. The number of nitrogens with zero attached hydrogens (tertiary/aromatic N) is 1. The predicted octanol–water partition coefficient (Wildman–Crippen LogP) is 3.66. The highest BCUT2D eigenvalue weighted by Crippen LogP contribution is 2.20. The average Bonchev–Trinajstić information content (AvgIpc) is 2.50. The van der Waals surface area contributed by atoms with E-state index in [0.717, 1.165) is 11.1 Å². The van der Waals surface area contributed by atoms with Gasteiger partial charge in [0.25, 0.3) is 0 Å². The van der Waals surface area contributed by atoms with E-state index in [0.29, 0.717) is 16.3 Å². The molecular weight excluding hydrogens is 312 g/mol. The summed E-state index contributed by atoms with van der Waals surface area (Å²) in [6, 6.07) is 11.2. The zero-order valence-corrected chi connectivity index (χ0v) is 14.1. The van der Waals surface area contributed by atoms with Crippen molar-refractivity contribution >= 4 is 23.7 Å². The summed E-state index contributed by atoms with van der Waals surface area (Å²) in [5.41, 5.74) is 6.49. The van der Waals surface area contributed by atoms with E-state index in [1.54, 1.807) is 25.3 Å². The minimum Gasteiger partial charge on any atom is -0.496 e. The first kappa shape index (κ1) is 17.0. The van der Waals surface area contributed by atoms with Crippen LogP contribution < -0.4 is 10.2 Å². The number of methoxy groups -OCH3 is 1. The van der Waals surface area contributed by atoms with Gasteiger partial charge in [0, 0.05) is 10.6 Å². The van der Waals surface area contributed by atoms with Gasteiger partial charge in [-0.3, -0.25) is 4.79 Å². The van der Waals surface area contributed by atoms with Gasteiger partial charge < -0.3 is 4.74 Å². The number of carbonyl (C=O) groups is 1. The number of benzene rings is 2. The lowest BCUT2D eigenvalue weighted by Crippen LogP contribution is -2.20. The van der Waals surface area contributed by atoms with Crippen LogP contribution >= 0.6 is 11.6 Å². The Kier molecular flexibility index (Phi) is 5.77. The molecule has 23 heavy (non-hydrogen) atoms. The molecule has 1 N–H and O–H groups in total. The van der Waals surface area contributed by atoms with E-state index in [1.807, 2.05) is 26.0 Å². The van der Waals surface area contributed by atoms with E-state index in [-0.39, 0.29) is 12.3 Å². The normalized spacial score (nSPS) is 10.8. The molecule has 0 aromatic heterocycles. The van der Waals surface area contributed by atoms with Crippen LogP contribution in [0.4, 0.5) is 0 Å². The number of rotatable bonds is 5. The zero-order valence-electron chi connectivity index (χ0n) is 13.4. The molecule has 0 saturated heterocycles. The number of hydrogen-bond acceptors (Lipinski definition) is 3. The van der Waals surface area contributed by atoms with Crippen LogP contribution in [0.1, 0.15) is 22.3 Å². The van der Waals surface area contributed by atoms with Gasteiger partial charge in [-0.1, -0.05) is 35.4 Å². The molecule has 0 bridgehead atoms. The SMILES string of the molecule is COc1ccc(Cl)cc1/C=N\NC(=O)Cc1ccc(C)cc1C. The van der Waals surface area contributed by atoms with Crippen molar-refractivity contribution in [2.24, 2.45) is 5.10 Å². The van der Waals surface area contributed by atoms with Gasteiger partial charge in [-0.25, -0.2) is 5.43 Å². The summed E-state index contributed by atoms with van der Waals surface area (Å²) in [6.07, 6.45) is 1.81. The fourth-order valence-electron chi connectivity index (χ4n) is 2.24. The van der Waals surface area contributed by atoms with E-state index in [2.05, 4.69) is 16.6 Å². The summed E-state index contributed by atoms with van der Waals surface area (Å²) in [4.78, 5) is 12.0. The summed E-state index contributed by atoms with van der Waals surface area (Å²) in [5, 5.41) is 4.55. The highest BCUT2D eigenvalue weighted by atomic mass is 35.5. The van der Waals surface area contributed by atoms with Crippen LogP contribution in [0.5, 0.6) is 5.75 Å². The first-order chi connectivity index (χ1) is 11.0. The van der Waals surface area contributed by atoms with Crippen molar-refractivity contribution in [2.75, 3.05) is 7.11 Å². The number of hydrogen-bond donors (Lipinski definition) is 1. The van der Waals surface area contributed by atoms with Crippen LogP contribution in [0.3, 0.4) is 0 Å². The monoisotopic (exact) mass is 330 g/mol. The Labute approximate surface area is 141 Å². The van der Waals surface area contributed by atoms with Crippen LogP contribution in [0.15, 0.2) is 41.5 Å². The Bertz CT molecular complexity index is 742. The first-order valence-electron chi connectivity index (χ1n) is 7.21. The van der Waals surface area contributed by atoms with E-state index in [1.165, 1.54) is 11.8 Å². The van der Waals surface area contributed by atoms with E-state index in [4.69, 9.17) is 16.3 Å². The summed E-state index contributed by atoms with van der Waals surface area (Å²) in [5.74, 6) is 0.468. The molecule has 0 aliphatic carbocycles. The number of hydrazone groups is 1. The van der Waals surface area contributed by atoms with Crippen LogP contribution in [0.25, 0.3) is 0 Å². The van der Waals surface area contributed by atoms with Gasteiger partial charge >= 0.3 is 0 Å². The standard InChI is InChI=1S/C18H19ClN2O2/c1-12-4-5-14(13(2)8-12)10-18(22)21-20-11-15-9-16(19)6-7-17(15)23-3/h4-9,11H,10H2,1-3H3,(H,21,22)/b20-11-. The van der Waals surface area contributed by atoms with Crippen molar-refractivity contribution in [3.8, 4) is 5.75 Å². The Morgan fingerprint density at radius 2 is 2.04 bits per heavy atom. The Morgan fingerprint density at radius 1 is 1.26 bits per heavy atom. The maximum Gasteiger partial charge on any atom is 0.244 e. The first-order valence-corrected chi connectivity index (χ1v) is 7.59. The van der Waals surface area contributed by atoms with Crippen molar-refractivity contribution in [1.82, 2.24) is 5.43 Å². The second-order valence-corrected chi connectivity index (χ2v) is 5.72. The van der Waals surface area contributed by atoms with E-state index in [9.17, 15) is 4.79 Å². The smallest absolute Gasteiger partial charge is 0.244 e. The number of aryl methyl sites for hydroxylation is 2. The maximum absolute atomic E-state index is 12.0. The van der Waals surface area contributed by atoms with Gasteiger partial charge in [-0.05, 0) is 43.2 Å². The summed E-state index contributed by atoms with van der Waals surface area (Å²) in [6.45, 7) is 4.02. The minimum atomic E-state index is -0.172. The number of halogens is 1. The fraction of sp³-hybridized carbons (Fsp3) is 0.222. The molecule has 0 fully saturated rings. The molecule has 0 heterocycles. The molecule has 1 amide bonds. The van der Waals surface area contributed by atoms with Crippen LogP contribution in [0, 0.1) is 13.8 Å². The van der Waals surface area contributed by atoms with Crippen LogP contribution in [-0.2, 0) is 11.2 Å². The lowest BCUT2D eigenvalue weighted by molar-refractivity contribution is -0.120. The maximum atomic E-state index is 12.0. The minimum absolute atomic E-state index is 0.172. The Hall–Kier alpha value is -2.33. The van der Waals surface area contributed by atoms with Gasteiger partial charge in [0.2, 0.25) is 5.91 Å². The van der Waals surface area contributed by atoms with Crippen molar-refractivity contribution in [3.63, 3.8) is 0 Å². The third-order valence-corrected chi connectivity index (χ3v) is 3.67. The van der Waals surface area contributed by atoms with Crippen molar-refractivity contribution < 1.29 is 9.53 Å². The lowest BCUT2D eigenvalue weighted by Gasteiger charge is -2.06. The third kappa shape index (κ3) is 4.83. The number of nitrogens with one attached hydrogen (secondary N) is 1. The molecule has 0 aliphatic heterocycles. The second-order valence-electron chi connectivity index (χ2n) is 5.29. The largest absolute Gasteiger partial charge is 0.496 e. The molecule has 5 heteroatoms. The predicted molar refractivity (Wildman–Crippen MR) is 93.4 cm³/mol. The Morgan fingerprint density at radius 3 is 2.74 bits per heavy atom.